The highest BCUT2D eigenvalue weighted by Gasteiger charge is 2.26. The molecule has 6 nitrogen and oxygen atoms in total. The van der Waals surface area contributed by atoms with Gasteiger partial charge in [-0.3, -0.25) is 9.59 Å². The van der Waals surface area contributed by atoms with Crippen molar-refractivity contribution in [3.63, 3.8) is 0 Å². The van der Waals surface area contributed by atoms with Crippen LogP contribution in [0.1, 0.15) is 34.1 Å². The molecule has 0 spiro atoms. The molecule has 0 radical (unpaired) electrons. The van der Waals surface area contributed by atoms with Crippen molar-refractivity contribution in [2.75, 3.05) is 20.3 Å². The zero-order valence-corrected chi connectivity index (χ0v) is 12.4. The summed E-state index contributed by atoms with van der Waals surface area (Å²) < 4.78 is 4.89. The maximum atomic E-state index is 12.0. The molecule has 0 bridgehead atoms. The van der Waals surface area contributed by atoms with E-state index in [1.54, 1.807) is 14.0 Å². The molecule has 0 heterocycles. The Balaban J connectivity index is 4.36. The Labute approximate surface area is 114 Å². The van der Waals surface area contributed by atoms with Gasteiger partial charge in [-0.25, -0.2) is 0 Å². The van der Waals surface area contributed by atoms with E-state index in [9.17, 15) is 14.7 Å². The molecule has 0 fully saturated rings. The Morgan fingerprint density at radius 1 is 1.37 bits per heavy atom. The zero-order chi connectivity index (χ0) is 15.1. The maximum Gasteiger partial charge on any atom is 0.242 e. The minimum absolute atomic E-state index is 0.0205. The first-order valence-electron chi connectivity index (χ1n) is 6.45. The third-order valence-corrected chi connectivity index (χ3v) is 2.80. The van der Waals surface area contributed by atoms with E-state index >= 15 is 0 Å². The molecular formula is C13H26N2O4. The van der Waals surface area contributed by atoms with Crippen molar-refractivity contribution in [2.45, 2.75) is 45.8 Å². The fourth-order valence-electron chi connectivity index (χ4n) is 1.55. The van der Waals surface area contributed by atoms with Crippen LogP contribution in [-0.2, 0) is 14.3 Å². The van der Waals surface area contributed by atoms with Crippen LogP contribution in [0.3, 0.4) is 0 Å². The summed E-state index contributed by atoms with van der Waals surface area (Å²) in [5.41, 5.74) is -1.02. The summed E-state index contributed by atoms with van der Waals surface area (Å²) in [7, 11) is 1.56. The van der Waals surface area contributed by atoms with Crippen LogP contribution in [0.5, 0.6) is 0 Å². The smallest absolute Gasteiger partial charge is 0.242 e. The van der Waals surface area contributed by atoms with E-state index in [-0.39, 0.29) is 24.3 Å². The first kappa shape index (κ1) is 17.9. The van der Waals surface area contributed by atoms with Crippen molar-refractivity contribution in [1.82, 2.24) is 10.6 Å². The minimum atomic E-state index is -1.02. The summed E-state index contributed by atoms with van der Waals surface area (Å²) in [5, 5.41) is 15.3. The molecule has 3 N–H and O–H groups in total. The molecule has 6 heteroatoms. The number of amides is 2. The largest absolute Gasteiger partial charge is 0.388 e. The molecule has 0 aliphatic heterocycles. The summed E-state index contributed by atoms with van der Waals surface area (Å²) in [6, 6.07) is -0.587. The Hall–Kier alpha value is -1.14. The Bertz CT molecular complexity index is 303. The van der Waals surface area contributed by atoms with Crippen molar-refractivity contribution >= 4 is 11.8 Å². The molecular weight excluding hydrogens is 248 g/mol. The van der Waals surface area contributed by atoms with Gasteiger partial charge in [0.2, 0.25) is 11.8 Å². The van der Waals surface area contributed by atoms with Crippen LogP contribution in [0.15, 0.2) is 0 Å². The SMILES string of the molecule is COCCC(C)(O)CNC(=O)C(NC(C)=O)C(C)C. The highest BCUT2D eigenvalue weighted by molar-refractivity contribution is 5.87. The summed E-state index contributed by atoms with van der Waals surface area (Å²) in [5.74, 6) is -0.560. The topological polar surface area (TPSA) is 87.7 Å². The van der Waals surface area contributed by atoms with Gasteiger partial charge in [-0.2, -0.15) is 0 Å². The molecule has 0 rings (SSSR count). The van der Waals surface area contributed by atoms with Gasteiger partial charge in [-0.1, -0.05) is 13.8 Å². The fourth-order valence-corrected chi connectivity index (χ4v) is 1.55. The van der Waals surface area contributed by atoms with E-state index in [0.717, 1.165) is 0 Å². The van der Waals surface area contributed by atoms with Gasteiger partial charge in [-0.15, -0.1) is 0 Å². The lowest BCUT2D eigenvalue weighted by Crippen LogP contribution is -2.52. The predicted molar refractivity (Wildman–Crippen MR) is 72.6 cm³/mol. The summed E-state index contributed by atoms with van der Waals surface area (Å²) in [4.78, 5) is 23.0. The van der Waals surface area contributed by atoms with Crippen LogP contribution in [-0.4, -0.2) is 48.8 Å². The van der Waals surface area contributed by atoms with E-state index in [1.807, 2.05) is 13.8 Å². The van der Waals surface area contributed by atoms with Crippen molar-refractivity contribution in [1.29, 1.82) is 0 Å². The van der Waals surface area contributed by atoms with Gasteiger partial charge in [0.15, 0.2) is 0 Å². The molecule has 2 atom stereocenters. The Morgan fingerprint density at radius 3 is 2.37 bits per heavy atom. The van der Waals surface area contributed by atoms with Crippen LogP contribution in [0.4, 0.5) is 0 Å². The van der Waals surface area contributed by atoms with Gasteiger partial charge < -0.3 is 20.5 Å². The van der Waals surface area contributed by atoms with Crippen LogP contribution in [0, 0.1) is 5.92 Å². The van der Waals surface area contributed by atoms with Crippen molar-refractivity contribution < 1.29 is 19.4 Å². The molecule has 0 aromatic heterocycles. The number of ether oxygens (including phenoxy) is 1. The quantitative estimate of drug-likeness (QED) is 0.583. The molecule has 0 aromatic rings. The molecule has 0 saturated carbocycles. The lowest BCUT2D eigenvalue weighted by atomic mass is 10.0. The van der Waals surface area contributed by atoms with Crippen molar-refractivity contribution in [3.8, 4) is 0 Å². The molecule has 0 aliphatic rings. The number of hydrogen-bond donors (Lipinski definition) is 3. The van der Waals surface area contributed by atoms with E-state index in [1.165, 1.54) is 6.92 Å². The second kappa shape index (κ2) is 8.12. The molecule has 2 amide bonds. The summed E-state index contributed by atoms with van der Waals surface area (Å²) in [6.07, 6.45) is 0.427. The fraction of sp³-hybridized carbons (Fsp3) is 0.846. The number of methoxy groups -OCH3 is 1. The van der Waals surface area contributed by atoms with E-state index in [0.29, 0.717) is 13.0 Å². The number of aliphatic hydroxyl groups is 1. The average Bonchev–Trinajstić information content (AvgIpc) is 2.30. The molecule has 19 heavy (non-hydrogen) atoms. The second-order valence-corrected chi connectivity index (χ2v) is 5.38. The number of hydrogen-bond acceptors (Lipinski definition) is 4. The van der Waals surface area contributed by atoms with Crippen LogP contribution in [0.2, 0.25) is 0 Å². The van der Waals surface area contributed by atoms with Gasteiger partial charge in [0, 0.05) is 33.6 Å². The first-order valence-corrected chi connectivity index (χ1v) is 6.45. The zero-order valence-electron chi connectivity index (χ0n) is 12.4. The number of carbonyl (C=O) groups excluding carboxylic acids is 2. The van der Waals surface area contributed by atoms with E-state index in [2.05, 4.69) is 10.6 Å². The standard InChI is InChI=1S/C13H26N2O4/c1-9(2)11(15-10(3)16)12(17)14-8-13(4,18)6-7-19-5/h9,11,18H,6-8H2,1-5H3,(H,14,17)(H,15,16). The highest BCUT2D eigenvalue weighted by Crippen LogP contribution is 2.08. The maximum absolute atomic E-state index is 12.0. The van der Waals surface area contributed by atoms with Gasteiger partial charge in [0.25, 0.3) is 0 Å². The molecule has 112 valence electrons. The average molecular weight is 274 g/mol. The third kappa shape index (κ3) is 7.79. The molecule has 2 unspecified atom stereocenters. The second-order valence-electron chi connectivity index (χ2n) is 5.38. The monoisotopic (exact) mass is 274 g/mol. The van der Waals surface area contributed by atoms with Gasteiger partial charge in [0.05, 0.1) is 5.60 Å². The Kier molecular flexibility index (Phi) is 7.63. The Morgan fingerprint density at radius 2 is 1.95 bits per heavy atom. The van der Waals surface area contributed by atoms with Crippen LogP contribution < -0.4 is 10.6 Å². The molecule has 0 saturated heterocycles. The number of carbonyl (C=O) groups is 2. The lowest BCUT2D eigenvalue weighted by molar-refractivity contribution is -0.130. The first-order chi connectivity index (χ1) is 8.69. The molecule has 0 aliphatic carbocycles. The van der Waals surface area contributed by atoms with Gasteiger partial charge >= 0.3 is 0 Å². The van der Waals surface area contributed by atoms with Gasteiger partial charge in [0.1, 0.15) is 6.04 Å². The van der Waals surface area contributed by atoms with E-state index < -0.39 is 11.6 Å². The summed E-state index contributed by atoms with van der Waals surface area (Å²) >= 11 is 0. The highest BCUT2D eigenvalue weighted by atomic mass is 16.5. The molecule has 0 aromatic carbocycles. The predicted octanol–water partition coefficient (Wildman–Crippen LogP) is 0.0508. The van der Waals surface area contributed by atoms with Crippen molar-refractivity contribution in [2.24, 2.45) is 5.92 Å². The van der Waals surface area contributed by atoms with Crippen LogP contribution in [0.25, 0.3) is 0 Å². The van der Waals surface area contributed by atoms with Gasteiger partial charge in [-0.05, 0) is 12.8 Å². The van der Waals surface area contributed by atoms with E-state index in [4.69, 9.17) is 4.74 Å². The number of rotatable bonds is 8. The minimum Gasteiger partial charge on any atom is -0.388 e. The van der Waals surface area contributed by atoms with Crippen LogP contribution >= 0.6 is 0 Å². The summed E-state index contributed by atoms with van der Waals surface area (Å²) in [6.45, 7) is 7.25. The third-order valence-electron chi connectivity index (χ3n) is 2.80. The number of nitrogens with one attached hydrogen (secondary N) is 2. The normalized spacial score (nSPS) is 15.7. The lowest BCUT2D eigenvalue weighted by Gasteiger charge is -2.26. The van der Waals surface area contributed by atoms with Crippen molar-refractivity contribution in [3.05, 3.63) is 0 Å².